The van der Waals surface area contributed by atoms with Gasteiger partial charge in [-0.05, 0) is 30.0 Å². The average Bonchev–Trinajstić information content (AvgIpc) is 2.26. The maximum atomic E-state index is 12.2. The standard InChI is InChI=1S/C14H21O5P/c1-10-6-5-7-11(8-10)19-13(15)12(14(2,3)4)9-18-20(16)17/h5-8,12,20H,9H2,1-4H3,(H,16,17). The van der Waals surface area contributed by atoms with Crippen LogP contribution in [0.4, 0.5) is 0 Å². The van der Waals surface area contributed by atoms with Gasteiger partial charge in [-0.15, -0.1) is 0 Å². The number of hydrogen-bond donors (Lipinski definition) is 1. The Morgan fingerprint density at radius 3 is 2.55 bits per heavy atom. The summed E-state index contributed by atoms with van der Waals surface area (Å²) < 4.78 is 20.7. The SMILES string of the molecule is Cc1cccc(OC(=O)C(CO[PH](=O)O)C(C)(C)C)c1. The first-order valence-corrected chi connectivity index (χ1v) is 7.60. The Labute approximate surface area is 119 Å². The molecule has 0 saturated heterocycles. The van der Waals surface area contributed by atoms with Crippen molar-refractivity contribution >= 4 is 14.2 Å². The highest BCUT2D eigenvalue weighted by Crippen LogP contribution is 2.30. The molecule has 1 aromatic rings. The van der Waals surface area contributed by atoms with Crippen LogP contribution in [0.1, 0.15) is 26.3 Å². The van der Waals surface area contributed by atoms with Crippen molar-refractivity contribution in [3.8, 4) is 5.75 Å². The first-order chi connectivity index (χ1) is 9.20. The predicted molar refractivity (Wildman–Crippen MR) is 76.9 cm³/mol. The first kappa shape index (κ1) is 16.9. The Kier molecular flexibility index (Phi) is 5.93. The Bertz CT molecular complexity index is 493. The number of aryl methyl sites for hydroxylation is 1. The van der Waals surface area contributed by atoms with E-state index < -0.39 is 25.6 Å². The second-order valence-electron chi connectivity index (χ2n) is 5.73. The smallest absolute Gasteiger partial charge is 0.317 e. The van der Waals surface area contributed by atoms with Gasteiger partial charge in [0.1, 0.15) is 5.75 Å². The number of esters is 1. The molecule has 0 saturated carbocycles. The Morgan fingerprint density at radius 1 is 1.40 bits per heavy atom. The zero-order chi connectivity index (χ0) is 15.3. The molecule has 0 aliphatic carbocycles. The van der Waals surface area contributed by atoms with Crippen molar-refractivity contribution < 1.29 is 23.5 Å². The number of hydrogen-bond acceptors (Lipinski definition) is 4. The van der Waals surface area contributed by atoms with E-state index in [9.17, 15) is 9.36 Å². The fourth-order valence-corrected chi connectivity index (χ4v) is 2.00. The van der Waals surface area contributed by atoms with Crippen LogP contribution < -0.4 is 4.74 Å². The third-order valence-corrected chi connectivity index (χ3v) is 3.32. The van der Waals surface area contributed by atoms with Crippen LogP contribution in [0, 0.1) is 18.3 Å². The van der Waals surface area contributed by atoms with Crippen molar-refractivity contribution in [1.29, 1.82) is 0 Å². The molecule has 1 aromatic carbocycles. The molecule has 0 heterocycles. The number of ether oxygens (including phenoxy) is 1. The molecule has 0 aliphatic rings. The van der Waals surface area contributed by atoms with E-state index in [1.54, 1.807) is 18.2 Å². The number of benzene rings is 1. The van der Waals surface area contributed by atoms with Crippen LogP contribution in [-0.4, -0.2) is 17.5 Å². The van der Waals surface area contributed by atoms with Gasteiger partial charge in [-0.2, -0.15) is 0 Å². The second-order valence-corrected chi connectivity index (χ2v) is 6.55. The molecular weight excluding hydrogens is 279 g/mol. The van der Waals surface area contributed by atoms with Crippen molar-refractivity contribution in [1.82, 2.24) is 0 Å². The molecule has 20 heavy (non-hydrogen) atoms. The van der Waals surface area contributed by atoms with Crippen LogP contribution in [0.15, 0.2) is 24.3 Å². The molecule has 1 N–H and O–H groups in total. The van der Waals surface area contributed by atoms with Crippen LogP contribution in [0.2, 0.25) is 0 Å². The molecule has 1 rings (SSSR count). The maximum Gasteiger partial charge on any atom is 0.317 e. The lowest BCUT2D eigenvalue weighted by Crippen LogP contribution is -2.35. The largest absolute Gasteiger partial charge is 0.426 e. The highest BCUT2D eigenvalue weighted by Gasteiger charge is 2.33. The summed E-state index contributed by atoms with van der Waals surface area (Å²) in [5, 5.41) is 0. The van der Waals surface area contributed by atoms with Gasteiger partial charge in [-0.3, -0.25) is 9.36 Å². The summed E-state index contributed by atoms with van der Waals surface area (Å²) in [5.74, 6) is -0.628. The molecule has 112 valence electrons. The number of rotatable bonds is 5. The van der Waals surface area contributed by atoms with Crippen molar-refractivity contribution in [2.45, 2.75) is 27.7 Å². The van der Waals surface area contributed by atoms with Gasteiger partial charge < -0.3 is 14.2 Å². The minimum Gasteiger partial charge on any atom is -0.426 e. The lowest BCUT2D eigenvalue weighted by atomic mass is 9.81. The summed E-state index contributed by atoms with van der Waals surface area (Å²) in [6, 6.07) is 7.15. The van der Waals surface area contributed by atoms with Gasteiger partial charge in [-0.25, -0.2) is 0 Å². The molecular formula is C14H21O5P. The van der Waals surface area contributed by atoms with Gasteiger partial charge in [0.25, 0.3) is 0 Å². The van der Waals surface area contributed by atoms with Crippen molar-refractivity contribution in [2.24, 2.45) is 11.3 Å². The molecule has 0 aliphatic heterocycles. The molecule has 0 bridgehead atoms. The fourth-order valence-electron chi connectivity index (χ4n) is 1.69. The quantitative estimate of drug-likeness (QED) is 0.514. The van der Waals surface area contributed by atoms with Crippen LogP contribution >= 0.6 is 8.25 Å². The molecule has 6 heteroatoms. The summed E-state index contributed by atoms with van der Waals surface area (Å²) in [7, 11) is -3.06. The molecule has 0 amide bonds. The summed E-state index contributed by atoms with van der Waals surface area (Å²) in [6.07, 6.45) is 0. The molecule has 0 radical (unpaired) electrons. The van der Waals surface area contributed by atoms with E-state index in [4.69, 9.17) is 14.2 Å². The van der Waals surface area contributed by atoms with E-state index in [0.717, 1.165) is 5.56 Å². The minimum atomic E-state index is -3.06. The Hall–Kier alpha value is -1.16. The van der Waals surface area contributed by atoms with Crippen molar-refractivity contribution in [2.75, 3.05) is 6.61 Å². The van der Waals surface area contributed by atoms with E-state index in [0.29, 0.717) is 5.75 Å². The van der Waals surface area contributed by atoms with Gasteiger partial charge in [-0.1, -0.05) is 32.9 Å². The van der Waals surface area contributed by atoms with Gasteiger partial charge in [0.15, 0.2) is 0 Å². The lowest BCUT2D eigenvalue weighted by molar-refractivity contribution is -0.144. The molecule has 2 unspecified atom stereocenters. The van der Waals surface area contributed by atoms with E-state index in [1.807, 2.05) is 33.8 Å². The molecule has 0 spiro atoms. The van der Waals surface area contributed by atoms with Gasteiger partial charge in [0.2, 0.25) is 0 Å². The fraction of sp³-hybridized carbons (Fsp3) is 0.500. The predicted octanol–water partition coefficient (Wildman–Crippen LogP) is 2.96. The lowest BCUT2D eigenvalue weighted by Gasteiger charge is -2.28. The minimum absolute atomic E-state index is 0.136. The normalized spacial score (nSPS) is 14.7. The monoisotopic (exact) mass is 300 g/mol. The molecule has 2 atom stereocenters. The van der Waals surface area contributed by atoms with Crippen molar-refractivity contribution in [3.63, 3.8) is 0 Å². The maximum absolute atomic E-state index is 12.2. The average molecular weight is 300 g/mol. The topological polar surface area (TPSA) is 72.8 Å². The van der Waals surface area contributed by atoms with Gasteiger partial charge >= 0.3 is 14.2 Å². The van der Waals surface area contributed by atoms with Gasteiger partial charge in [0, 0.05) is 0 Å². The summed E-state index contributed by atoms with van der Waals surface area (Å²) in [4.78, 5) is 21.0. The third-order valence-electron chi connectivity index (χ3n) is 2.91. The second kappa shape index (κ2) is 7.02. The van der Waals surface area contributed by atoms with E-state index >= 15 is 0 Å². The van der Waals surface area contributed by atoms with E-state index in [-0.39, 0.29) is 6.61 Å². The zero-order valence-corrected chi connectivity index (χ0v) is 13.2. The molecule has 0 aromatic heterocycles. The van der Waals surface area contributed by atoms with Crippen LogP contribution in [0.5, 0.6) is 5.75 Å². The van der Waals surface area contributed by atoms with Crippen LogP contribution in [0.25, 0.3) is 0 Å². The van der Waals surface area contributed by atoms with Gasteiger partial charge in [0.05, 0.1) is 12.5 Å². The highest BCUT2D eigenvalue weighted by atomic mass is 31.1. The summed E-state index contributed by atoms with van der Waals surface area (Å²) in [5.41, 5.74) is 0.553. The van der Waals surface area contributed by atoms with Crippen LogP contribution in [0.3, 0.4) is 0 Å². The van der Waals surface area contributed by atoms with E-state index in [2.05, 4.69) is 0 Å². The molecule has 0 fully saturated rings. The third kappa shape index (κ3) is 5.45. The highest BCUT2D eigenvalue weighted by molar-refractivity contribution is 7.32. The number of carbonyl (C=O) groups is 1. The summed E-state index contributed by atoms with van der Waals surface area (Å²) in [6.45, 7) is 7.33. The first-order valence-electron chi connectivity index (χ1n) is 6.34. The Balaban J connectivity index is 2.80. The summed E-state index contributed by atoms with van der Waals surface area (Å²) >= 11 is 0. The van der Waals surface area contributed by atoms with Crippen LogP contribution in [-0.2, 0) is 13.9 Å². The Morgan fingerprint density at radius 2 is 2.05 bits per heavy atom. The van der Waals surface area contributed by atoms with E-state index in [1.165, 1.54) is 0 Å². The van der Waals surface area contributed by atoms with Crippen molar-refractivity contribution in [3.05, 3.63) is 29.8 Å². The zero-order valence-electron chi connectivity index (χ0n) is 12.2. The number of carbonyl (C=O) groups excluding carboxylic acids is 1. The molecule has 5 nitrogen and oxygen atoms in total.